The Bertz CT molecular complexity index is 931. The lowest BCUT2D eigenvalue weighted by Gasteiger charge is -2.15. The van der Waals surface area contributed by atoms with Crippen LogP contribution in [0.1, 0.15) is 27.6 Å². The molecule has 0 fully saturated rings. The molecule has 0 aliphatic carbocycles. The molecule has 29 heavy (non-hydrogen) atoms. The molecule has 2 amide bonds. The zero-order valence-electron chi connectivity index (χ0n) is 16.5. The summed E-state index contributed by atoms with van der Waals surface area (Å²) in [7, 11) is 4.35. The first-order valence-corrected chi connectivity index (χ1v) is 9.36. The zero-order chi connectivity index (χ0) is 21.6. The Kier molecular flexibility index (Phi) is 7.49. The molecule has 0 spiro atoms. The maximum absolute atomic E-state index is 12.9. The molecule has 0 bridgehead atoms. The quantitative estimate of drug-likeness (QED) is 0.632. The van der Waals surface area contributed by atoms with Crippen LogP contribution in [-0.2, 0) is 4.79 Å². The van der Waals surface area contributed by atoms with Gasteiger partial charge in [-0.1, -0.05) is 12.1 Å². The lowest BCUT2D eigenvalue weighted by Crippen LogP contribution is -2.42. The summed E-state index contributed by atoms with van der Waals surface area (Å²) in [5.74, 6) is -0.219. The maximum Gasteiger partial charge on any atom is 0.253 e. The van der Waals surface area contributed by atoms with E-state index in [0.29, 0.717) is 16.4 Å². The molecule has 0 aromatic heterocycles. The van der Waals surface area contributed by atoms with Gasteiger partial charge in [-0.25, -0.2) is 0 Å². The van der Waals surface area contributed by atoms with Gasteiger partial charge in [0, 0.05) is 4.90 Å². The third-order valence-corrected chi connectivity index (χ3v) is 5.01. The Morgan fingerprint density at radius 3 is 2.17 bits per heavy atom. The first-order valence-electron chi connectivity index (χ1n) is 8.54. The average Bonchev–Trinajstić information content (AvgIpc) is 2.72. The van der Waals surface area contributed by atoms with Crippen LogP contribution in [0.15, 0.2) is 41.3 Å². The third-order valence-electron chi connectivity index (χ3n) is 4.03. The van der Waals surface area contributed by atoms with Crippen LogP contribution in [-0.4, -0.2) is 44.3 Å². The van der Waals surface area contributed by atoms with Gasteiger partial charge in [0.1, 0.15) is 6.04 Å². The van der Waals surface area contributed by atoms with Crippen molar-refractivity contribution in [3.63, 3.8) is 0 Å². The van der Waals surface area contributed by atoms with Crippen LogP contribution in [0.4, 0.5) is 0 Å². The Balaban J connectivity index is 2.35. The maximum atomic E-state index is 12.9. The molecule has 3 N–H and O–H groups in total. The van der Waals surface area contributed by atoms with Gasteiger partial charge in [-0.05, 0) is 43.0 Å². The molecule has 8 nitrogen and oxygen atoms in total. The van der Waals surface area contributed by atoms with Crippen molar-refractivity contribution >= 4 is 28.7 Å². The van der Waals surface area contributed by atoms with Gasteiger partial charge in [-0.2, -0.15) is 0 Å². The molecule has 0 saturated carbocycles. The van der Waals surface area contributed by atoms with Crippen LogP contribution in [0.5, 0.6) is 17.2 Å². The molecule has 2 aromatic rings. The smallest absolute Gasteiger partial charge is 0.253 e. The Morgan fingerprint density at radius 1 is 0.931 bits per heavy atom. The SMILES string of the molecule is COc1ccc(C(=O)Sc2ccccc2C(=O)N[C@H](C)C(N)=O)c(OC)c1OC. The molecule has 0 unspecified atom stereocenters. The normalized spacial score (nSPS) is 11.3. The van der Waals surface area contributed by atoms with Crippen LogP contribution in [0.2, 0.25) is 0 Å². The highest BCUT2D eigenvalue weighted by Gasteiger charge is 2.23. The molecule has 154 valence electrons. The van der Waals surface area contributed by atoms with Gasteiger partial charge < -0.3 is 25.3 Å². The Morgan fingerprint density at radius 2 is 1.59 bits per heavy atom. The number of nitrogens with two attached hydrogens (primary N) is 1. The van der Waals surface area contributed by atoms with Crippen molar-refractivity contribution in [3.8, 4) is 17.2 Å². The van der Waals surface area contributed by atoms with Crippen molar-refractivity contribution in [1.29, 1.82) is 0 Å². The standard InChI is InChI=1S/C20H22N2O6S/c1-11(18(21)23)22-19(24)12-7-5-6-8-15(12)29-20(25)13-9-10-14(26-2)17(28-4)16(13)27-3/h5-11H,1-4H3,(H2,21,23)(H,22,24)/t11-/m1/s1. The van der Waals surface area contributed by atoms with E-state index >= 15 is 0 Å². The summed E-state index contributed by atoms with van der Waals surface area (Å²) < 4.78 is 15.9. The number of thioether (sulfide) groups is 1. The van der Waals surface area contributed by atoms with Gasteiger partial charge in [0.15, 0.2) is 11.5 Å². The molecule has 0 heterocycles. The van der Waals surface area contributed by atoms with Gasteiger partial charge in [0.25, 0.3) is 5.91 Å². The molecular weight excluding hydrogens is 396 g/mol. The van der Waals surface area contributed by atoms with E-state index in [4.69, 9.17) is 19.9 Å². The molecule has 2 aromatic carbocycles. The molecule has 2 rings (SSSR count). The number of carbonyl (C=O) groups is 3. The lowest BCUT2D eigenvalue weighted by molar-refractivity contribution is -0.119. The zero-order valence-corrected chi connectivity index (χ0v) is 17.3. The molecule has 0 radical (unpaired) electrons. The molecule has 0 saturated heterocycles. The predicted molar refractivity (Wildman–Crippen MR) is 109 cm³/mol. The van der Waals surface area contributed by atoms with Crippen molar-refractivity contribution in [3.05, 3.63) is 47.5 Å². The monoisotopic (exact) mass is 418 g/mol. The fourth-order valence-electron chi connectivity index (χ4n) is 2.51. The number of nitrogens with one attached hydrogen (secondary N) is 1. The topological polar surface area (TPSA) is 117 Å². The summed E-state index contributed by atoms with van der Waals surface area (Å²) in [5.41, 5.74) is 5.70. The number of hydrogen-bond donors (Lipinski definition) is 2. The van der Waals surface area contributed by atoms with Crippen molar-refractivity contribution in [1.82, 2.24) is 5.32 Å². The largest absolute Gasteiger partial charge is 0.493 e. The molecule has 0 aliphatic heterocycles. The number of primary amides is 1. The second kappa shape index (κ2) is 9.83. The highest BCUT2D eigenvalue weighted by Crippen LogP contribution is 2.42. The fraction of sp³-hybridized carbons (Fsp3) is 0.250. The van der Waals surface area contributed by atoms with Crippen molar-refractivity contribution in [2.75, 3.05) is 21.3 Å². The van der Waals surface area contributed by atoms with E-state index in [1.54, 1.807) is 36.4 Å². The predicted octanol–water partition coefficient (Wildman–Crippen LogP) is 2.25. The first-order chi connectivity index (χ1) is 13.8. The lowest BCUT2D eigenvalue weighted by atomic mass is 10.2. The summed E-state index contributed by atoms with van der Waals surface area (Å²) in [6.07, 6.45) is 0. The minimum atomic E-state index is -0.845. The van der Waals surface area contributed by atoms with E-state index in [1.807, 2.05) is 0 Å². The number of hydrogen-bond acceptors (Lipinski definition) is 7. The average molecular weight is 418 g/mol. The van der Waals surface area contributed by atoms with Crippen LogP contribution in [0.25, 0.3) is 0 Å². The summed E-state index contributed by atoms with van der Waals surface area (Å²) >= 11 is 0.857. The van der Waals surface area contributed by atoms with Crippen LogP contribution in [0, 0.1) is 0 Å². The second-order valence-corrected chi connectivity index (χ2v) is 6.88. The van der Waals surface area contributed by atoms with Gasteiger partial charge in [0.05, 0.1) is 32.5 Å². The Labute approximate surface area is 172 Å². The van der Waals surface area contributed by atoms with Crippen LogP contribution < -0.4 is 25.3 Å². The van der Waals surface area contributed by atoms with Gasteiger partial charge in [-0.15, -0.1) is 0 Å². The Hall–Kier alpha value is -3.20. The number of ether oxygens (including phenoxy) is 3. The summed E-state index contributed by atoms with van der Waals surface area (Å²) in [6, 6.07) is 8.88. The highest BCUT2D eigenvalue weighted by molar-refractivity contribution is 8.14. The van der Waals surface area contributed by atoms with E-state index in [1.165, 1.54) is 28.3 Å². The first kappa shape index (κ1) is 22.1. The van der Waals surface area contributed by atoms with E-state index in [-0.39, 0.29) is 22.0 Å². The van der Waals surface area contributed by atoms with Crippen molar-refractivity contribution in [2.24, 2.45) is 5.73 Å². The van der Waals surface area contributed by atoms with E-state index in [9.17, 15) is 14.4 Å². The minimum absolute atomic E-state index is 0.230. The minimum Gasteiger partial charge on any atom is -0.493 e. The molecule has 9 heteroatoms. The fourth-order valence-corrected chi connectivity index (χ4v) is 3.39. The van der Waals surface area contributed by atoms with Crippen molar-refractivity contribution < 1.29 is 28.6 Å². The summed E-state index contributed by atoms with van der Waals surface area (Å²) in [4.78, 5) is 37.1. The summed E-state index contributed by atoms with van der Waals surface area (Å²) in [6.45, 7) is 1.48. The van der Waals surface area contributed by atoms with E-state index in [2.05, 4.69) is 5.32 Å². The van der Waals surface area contributed by atoms with Gasteiger partial charge in [0.2, 0.25) is 16.8 Å². The van der Waals surface area contributed by atoms with E-state index < -0.39 is 17.9 Å². The molecule has 1 atom stereocenters. The van der Waals surface area contributed by atoms with E-state index in [0.717, 1.165) is 11.8 Å². The highest BCUT2D eigenvalue weighted by atomic mass is 32.2. The van der Waals surface area contributed by atoms with Gasteiger partial charge >= 0.3 is 0 Å². The summed E-state index contributed by atoms with van der Waals surface area (Å²) in [5, 5.41) is 2.15. The number of benzene rings is 2. The number of rotatable bonds is 8. The number of amides is 2. The van der Waals surface area contributed by atoms with Crippen LogP contribution in [0.3, 0.4) is 0 Å². The molecular formula is C20H22N2O6S. The second-order valence-electron chi connectivity index (χ2n) is 5.87. The van der Waals surface area contributed by atoms with Crippen molar-refractivity contribution in [2.45, 2.75) is 17.9 Å². The van der Waals surface area contributed by atoms with Gasteiger partial charge in [-0.3, -0.25) is 14.4 Å². The number of carbonyl (C=O) groups excluding carboxylic acids is 3. The number of methoxy groups -OCH3 is 3. The molecule has 0 aliphatic rings. The third kappa shape index (κ3) is 5.00. The van der Waals surface area contributed by atoms with Crippen LogP contribution >= 0.6 is 11.8 Å².